The Hall–Kier alpha value is -2.08. The molecule has 106 valence electrons. The van der Waals surface area contributed by atoms with Crippen LogP contribution in [0.4, 0.5) is 5.82 Å². The zero-order valence-electron chi connectivity index (χ0n) is 11.6. The summed E-state index contributed by atoms with van der Waals surface area (Å²) in [6.07, 6.45) is 1.88. The van der Waals surface area contributed by atoms with Crippen LogP contribution in [0.5, 0.6) is 0 Å². The molecule has 0 saturated carbocycles. The minimum absolute atomic E-state index is 0.200. The van der Waals surface area contributed by atoms with E-state index in [2.05, 4.69) is 20.7 Å². The van der Waals surface area contributed by atoms with Crippen molar-refractivity contribution >= 4 is 23.3 Å². The third-order valence-corrected chi connectivity index (χ3v) is 3.06. The van der Waals surface area contributed by atoms with Gasteiger partial charge in [-0.15, -0.1) is 0 Å². The van der Waals surface area contributed by atoms with Gasteiger partial charge in [0.25, 0.3) is 5.91 Å². The van der Waals surface area contributed by atoms with Gasteiger partial charge in [-0.05, 0) is 19.1 Å². The molecule has 0 atom stereocenters. The molecular weight excluding hydrogens is 278 g/mol. The van der Waals surface area contributed by atoms with E-state index in [1.807, 2.05) is 20.2 Å². The number of anilines is 1. The molecule has 0 saturated heterocycles. The van der Waals surface area contributed by atoms with Crippen molar-refractivity contribution in [2.45, 2.75) is 13.5 Å². The summed E-state index contributed by atoms with van der Waals surface area (Å²) in [4.78, 5) is 16.1. The van der Waals surface area contributed by atoms with Crippen molar-refractivity contribution in [2.24, 2.45) is 7.05 Å². The zero-order valence-corrected chi connectivity index (χ0v) is 12.3. The Morgan fingerprint density at radius 3 is 2.80 bits per heavy atom. The molecule has 0 aliphatic heterocycles. The summed E-state index contributed by atoms with van der Waals surface area (Å²) in [5.74, 6) is 0.356. The highest BCUT2D eigenvalue weighted by Gasteiger charge is 2.10. The number of hydrogen-bond acceptors (Lipinski definition) is 4. The van der Waals surface area contributed by atoms with E-state index >= 15 is 0 Å². The van der Waals surface area contributed by atoms with Gasteiger partial charge in [0.05, 0.1) is 5.69 Å². The van der Waals surface area contributed by atoms with Gasteiger partial charge in [-0.2, -0.15) is 5.10 Å². The summed E-state index contributed by atoms with van der Waals surface area (Å²) < 4.78 is 1.72. The Bertz CT molecular complexity index is 638. The van der Waals surface area contributed by atoms with Crippen LogP contribution in [0.2, 0.25) is 5.15 Å². The lowest BCUT2D eigenvalue weighted by Crippen LogP contribution is -2.23. The minimum atomic E-state index is -0.200. The lowest BCUT2D eigenvalue weighted by Gasteiger charge is -2.07. The first-order valence-electron chi connectivity index (χ1n) is 6.12. The number of aromatic nitrogens is 3. The number of rotatable bonds is 4. The van der Waals surface area contributed by atoms with Crippen LogP contribution < -0.4 is 10.6 Å². The van der Waals surface area contributed by atoms with Gasteiger partial charge in [-0.1, -0.05) is 11.6 Å². The lowest BCUT2D eigenvalue weighted by atomic mass is 10.2. The maximum absolute atomic E-state index is 12.1. The second-order valence-corrected chi connectivity index (χ2v) is 4.80. The summed E-state index contributed by atoms with van der Waals surface area (Å²) in [6, 6.07) is 3.19. The fourth-order valence-corrected chi connectivity index (χ4v) is 2.06. The van der Waals surface area contributed by atoms with E-state index in [0.29, 0.717) is 17.9 Å². The van der Waals surface area contributed by atoms with Gasteiger partial charge in [-0.3, -0.25) is 9.48 Å². The first-order valence-corrected chi connectivity index (χ1v) is 6.50. The van der Waals surface area contributed by atoms with Gasteiger partial charge in [0.15, 0.2) is 0 Å². The molecule has 0 aromatic carbocycles. The van der Waals surface area contributed by atoms with Crippen LogP contribution in [0.15, 0.2) is 18.3 Å². The highest BCUT2D eigenvalue weighted by Crippen LogP contribution is 2.14. The van der Waals surface area contributed by atoms with Gasteiger partial charge < -0.3 is 10.6 Å². The van der Waals surface area contributed by atoms with Crippen LogP contribution in [0.25, 0.3) is 0 Å². The quantitative estimate of drug-likeness (QED) is 0.843. The first kappa shape index (κ1) is 14.3. The molecule has 2 aromatic heterocycles. The Labute approximate surface area is 122 Å². The number of carbonyl (C=O) groups excluding carboxylic acids is 1. The first-order chi connectivity index (χ1) is 9.49. The largest absolute Gasteiger partial charge is 0.373 e. The number of amides is 1. The van der Waals surface area contributed by atoms with E-state index in [1.54, 1.807) is 17.8 Å². The molecule has 0 aliphatic carbocycles. The number of pyridine rings is 1. The van der Waals surface area contributed by atoms with Crippen LogP contribution in [-0.4, -0.2) is 27.7 Å². The van der Waals surface area contributed by atoms with E-state index in [1.165, 1.54) is 6.07 Å². The Morgan fingerprint density at radius 2 is 2.20 bits per heavy atom. The molecule has 2 rings (SSSR count). The predicted molar refractivity (Wildman–Crippen MR) is 77.9 cm³/mol. The molecule has 1 amide bonds. The Balaban J connectivity index is 2.08. The molecule has 2 aromatic rings. The molecule has 2 heterocycles. The van der Waals surface area contributed by atoms with Crippen molar-refractivity contribution < 1.29 is 4.79 Å². The van der Waals surface area contributed by atoms with Crippen LogP contribution in [0.1, 0.15) is 21.6 Å². The Kier molecular flexibility index (Phi) is 4.24. The molecule has 0 unspecified atom stereocenters. The highest BCUT2D eigenvalue weighted by atomic mass is 35.5. The van der Waals surface area contributed by atoms with Gasteiger partial charge >= 0.3 is 0 Å². The monoisotopic (exact) mass is 293 g/mol. The number of aryl methyl sites for hydroxylation is 2. The second-order valence-electron chi connectivity index (χ2n) is 4.41. The zero-order chi connectivity index (χ0) is 14.7. The van der Waals surface area contributed by atoms with E-state index in [0.717, 1.165) is 11.3 Å². The van der Waals surface area contributed by atoms with Crippen molar-refractivity contribution in [3.63, 3.8) is 0 Å². The fourth-order valence-electron chi connectivity index (χ4n) is 1.86. The molecule has 0 radical (unpaired) electrons. The molecule has 0 fully saturated rings. The minimum Gasteiger partial charge on any atom is -0.373 e. The Morgan fingerprint density at radius 1 is 1.45 bits per heavy atom. The van der Waals surface area contributed by atoms with Crippen molar-refractivity contribution in [2.75, 3.05) is 12.4 Å². The number of nitrogens with zero attached hydrogens (tertiary/aromatic N) is 3. The maximum Gasteiger partial charge on any atom is 0.251 e. The van der Waals surface area contributed by atoms with E-state index < -0.39 is 0 Å². The summed E-state index contributed by atoms with van der Waals surface area (Å²) in [6.45, 7) is 2.33. The second kappa shape index (κ2) is 5.92. The van der Waals surface area contributed by atoms with E-state index in [9.17, 15) is 4.79 Å². The lowest BCUT2D eigenvalue weighted by molar-refractivity contribution is 0.0951. The molecule has 2 N–H and O–H groups in total. The highest BCUT2D eigenvalue weighted by molar-refractivity contribution is 6.29. The molecule has 0 aliphatic rings. The van der Waals surface area contributed by atoms with Crippen molar-refractivity contribution in [1.82, 2.24) is 20.1 Å². The van der Waals surface area contributed by atoms with Gasteiger partial charge in [0, 0.05) is 38.0 Å². The van der Waals surface area contributed by atoms with Crippen molar-refractivity contribution in [1.29, 1.82) is 0 Å². The molecule has 0 spiro atoms. The number of halogens is 1. The van der Waals surface area contributed by atoms with Gasteiger partial charge in [-0.25, -0.2) is 4.98 Å². The average molecular weight is 294 g/mol. The molecule has 7 heteroatoms. The topological polar surface area (TPSA) is 71.8 Å². The van der Waals surface area contributed by atoms with Crippen LogP contribution >= 0.6 is 11.6 Å². The average Bonchev–Trinajstić information content (AvgIpc) is 2.73. The normalized spacial score (nSPS) is 10.4. The van der Waals surface area contributed by atoms with Gasteiger partial charge in [0.1, 0.15) is 11.0 Å². The number of nitrogens with one attached hydrogen (secondary N) is 2. The third kappa shape index (κ3) is 3.27. The van der Waals surface area contributed by atoms with E-state index in [-0.39, 0.29) is 11.1 Å². The van der Waals surface area contributed by atoms with Crippen LogP contribution in [0.3, 0.4) is 0 Å². The summed E-state index contributed by atoms with van der Waals surface area (Å²) in [5.41, 5.74) is 2.35. The van der Waals surface area contributed by atoms with Crippen LogP contribution in [-0.2, 0) is 13.6 Å². The van der Waals surface area contributed by atoms with Crippen molar-refractivity contribution in [3.8, 4) is 0 Å². The SMILES string of the molecule is CNc1cc(C(=O)NCc2cn(C)nc2C)cc(Cl)n1. The molecule has 0 bridgehead atoms. The van der Waals surface area contributed by atoms with Crippen LogP contribution in [0, 0.1) is 6.92 Å². The number of hydrogen-bond donors (Lipinski definition) is 2. The predicted octanol–water partition coefficient (Wildman–Crippen LogP) is 1.75. The van der Waals surface area contributed by atoms with Gasteiger partial charge in [0.2, 0.25) is 0 Å². The smallest absolute Gasteiger partial charge is 0.251 e. The summed E-state index contributed by atoms with van der Waals surface area (Å²) >= 11 is 5.87. The molecule has 20 heavy (non-hydrogen) atoms. The summed E-state index contributed by atoms with van der Waals surface area (Å²) in [5, 5.41) is 10.2. The number of carbonyl (C=O) groups is 1. The summed E-state index contributed by atoms with van der Waals surface area (Å²) in [7, 11) is 3.57. The van der Waals surface area contributed by atoms with E-state index in [4.69, 9.17) is 11.6 Å². The maximum atomic E-state index is 12.1. The van der Waals surface area contributed by atoms with Crippen molar-refractivity contribution in [3.05, 3.63) is 40.3 Å². The molecule has 6 nitrogen and oxygen atoms in total. The molecular formula is C13H16ClN5O. The standard InChI is InChI=1S/C13H16ClN5O/c1-8-10(7-19(3)18-8)6-16-13(20)9-4-11(14)17-12(5-9)15-2/h4-5,7H,6H2,1-3H3,(H,15,17)(H,16,20). The third-order valence-electron chi connectivity index (χ3n) is 2.87. The fraction of sp³-hybridized carbons (Fsp3) is 0.308.